The summed E-state index contributed by atoms with van der Waals surface area (Å²) >= 11 is 5.77. The fraction of sp³-hybridized carbons (Fsp3) is 0.200. The molecule has 6 nitrogen and oxygen atoms in total. The first kappa shape index (κ1) is 15.9. The molecule has 0 saturated heterocycles. The zero-order chi connectivity index (χ0) is 15.8. The number of nitrogens with zero attached hydrogens (tertiary/aromatic N) is 4. The number of rotatable bonds is 5. The molecule has 0 aliphatic heterocycles. The summed E-state index contributed by atoms with van der Waals surface area (Å²) in [6.07, 6.45) is 4.57. The van der Waals surface area contributed by atoms with Crippen LogP contribution in [-0.2, 0) is 16.2 Å². The number of hydrogen-bond acceptors (Lipinski definition) is 4. The predicted octanol–water partition coefficient (Wildman–Crippen LogP) is 2.03. The van der Waals surface area contributed by atoms with E-state index in [2.05, 4.69) is 15.1 Å². The van der Waals surface area contributed by atoms with E-state index in [1.807, 2.05) is 29.0 Å². The van der Waals surface area contributed by atoms with Gasteiger partial charge in [0.05, 0.1) is 6.54 Å². The van der Waals surface area contributed by atoms with Crippen molar-refractivity contribution in [3.8, 4) is 0 Å². The minimum absolute atomic E-state index is 0.401. The Morgan fingerprint density at radius 2 is 2.27 bits per heavy atom. The van der Waals surface area contributed by atoms with Crippen LogP contribution >= 0.6 is 11.6 Å². The average molecular weight is 319 g/mol. The number of aromatic nitrogens is 2. The topological polar surface area (TPSA) is 68.8 Å². The van der Waals surface area contributed by atoms with Gasteiger partial charge in [0.15, 0.2) is 0 Å². The van der Waals surface area contributed by atoms with Crippen LogP contribution in [0.4, 0.5) is 0 Å². The summed E-state index contributed by atoms with van der Waals surface area (Å²) in [4.78, 5) is 24.5. The second kappa shape index (κ2) is 8.09. The lowest BCUT2D eigenvalue weighted by Gasteiger charge is -2.06. The predicted molar refractivity (Wildman–Crippen MR) is 83.5 cm³/mol. The van der Waals surface area contributed by atoms with Crippen LogP contribution in [0.25, 0.3) is 0 Å². The summed E-state index contributed by atoms with van der Waals surface area (Å²) in [6, 6.07) is 9.01. The molecular weight excluding hydrogens is 304 g/mol. The van der Waals surface area contributed by atoms with Crippen LogP contribution in [0.2, 0.25) is 5.15 Å². The molecule has 0 N–H and O–H groups in total. The van der Waals surface area contributed by atoms with E-state index in [4.69, 9.17) is 16.4 Å². The Hall–Kier alpha value is -2.47. The molecule has 1 amide bonds. The number of pyridine rings is 2. The monoisotopic (exact) mass is 318 g/mol. The summed E-state index contributed by atoms with van der Waals surface area (Å²) < 4.78 is 1.83. The lowest BCUT2D eigenvalue weighted by Crippen LogP contribution is -2.22. The highest BCUT2D eigenvalue weighted by molar-refractivity contribution is 6.29. The maximum atomic E-state index is 11.7. The molecule has 2 rings (SSSR count). The Kier molecular flexibility index (Phi) is 5.85. The molecule has 2 aromatic heterocycles. The molecule has 114 valence electrons. The van der Waals surface area contributed by atoms with Gasteiger partial charge in [0.25, 0.3) is 5.91 Å². The van der Waals surface area contributed by atoms with Crippen molar-refractivity contribution in [2.75, 3.05) is 6.61 Å². The first-order valence-corrected chi connectivity index (χ1v) is 7.06. The van der Waals surface area contributed by atoms with Gasteiger partial charge in [-0.3, -0.25) is 4.79 Å². The minimum atomic E-state index is -0.484. The van der Waals surface area contributed by atoms with Gasteiger partial charge < -0.3 is 9.40 Å². The Morgan fingerprint density at radius 1 is 1.41 bits per heavy atom. The van der Waals surface area contributed by atoms with E-state index < -0.39 is 5.91 Å². The van der Waals surface area contributed by atoms with Gasteiger partial charge in [0, 0.05) is 12.4 Å². The van der Waals surface area contributed by atoms with Gasteiger partial charge in [-0.05, 0) is 30.7 Å². The van der Waals surface area contributed by atoms with Crippen molar-refractivity contribution in [2.24, 2.45) is 10.1 Å². The van der Waals surface area contributed by atoms with Crippen LogP contribution in [-0.4, -0.2) is 28.3 Å². The summed E-state index contributed by atoms with van der Waals surface area (Å²) in [5, 5.41) is 3.95. The number of hydrogen-bond donors (Lipinski definition) is 0. The van der Waals surface area contributed by atoms with E-state index in [0.717, 1.165) is 11.8 Å². The maximum Gasteiger partial charge on any atom is 0.293 e. The first-order chi connectivity index (χ1) is 10.7. The molecule has 0 aromatic carbocycles. The zero-order valence-corrected chi connectivity index (χ0v) is 12.8. The van der Waals surface area contributed by atoms with Crippen LogP contribution in [0.15, 0.2) is 52.9 Å². The number of halogens is 1. The van der Waals surface area contributed by atoms with E-state index in [0.29, 0.717) is 23.8 Å². The molecule has 2 aromatic rings. The minimum Gasteiger partial charge on any atom is -0.396 e. The Labute approximate surface area is 132 Å². The van der Waals surface area contributed by atoms with Gasteiger partial charge in [0.2, 0.25) is 0 Å². The molecule has 0 bridgehead atoms. The molecule has 0 aliphatic rings. The summed E-state index contributed by atoms with van der Waals surface area (Å²) in [7, 11) is 0. The lowest BCUT2D eigenvalue weighted by atomic mass is 10.3. The molecule has 0 radical (unpaired) electrons. The molecule has 0 unspecified atom stereocenters. The van der Waals surface area contributed by atoms with Gasteiger partial charge >= 0.3 is 0 Å². The van der Waals surface area contributed by atoms with Crippen LogP contribution in [0.3, 0.4) is 0 Å². The molecular formula is C15H15ClN4O2. The highest BCUT2D eigenvalue weighted by Crippen LogP contribution is 2.05. The smallest absolute Gasteiger partial charge is 0.293 e. The second-order valence-electron chi connectivity index (χ2n) is 4.28. The molecule has 0 fully saturated rings. The van der Waals surface area contributed by atoms with Crippen molar-refractivity contribution in [3.05, 3.63) is 58.9 Å². The van der Waals surface area contributed by atoms with Crippen LogP contribution in [0.5, 0.6) is 0 Å². The highest BCUT2D eigenvalue weighted by Gasteiger charge is 1.99. The number of amides is 1. The third-order valence-corrected chi connectivity index (χ3v) is 2.87. The van der Waals surface area contributed by atoms with E-state index in [-0.39, 0.29) is 0 Å². The van der Waals surface area contributed by atoms with Gasteiger partial charge in [-0.25, -0.2) is 4.98 Å². The van der Waals surface area contributed by atoms with Crippen molar-refractivity contribution in [3.63, 3.8) is 0 Å². The van der Waals surface area contributed by atoms with Crippen molar-refractivity contribution < 1.29 is 9.63 Å². The Bertz CT molecular complexity index is 723. The Balaban J connectivity index is 2.22. The van der Waals surface area contributed by atoms with Crippen LogP contribution in [0, 0.1) is 0 Å². The van der Waals surface area contributed by atoms with E-state index in [1.165, 1.54) is 0 Å². The van der Waals surface area contributed by atoms with Crippen LogP contribution < -0.4 is 5.49 Å². The van der Waals surface area contributed by atoms with Crippen molar-refractivity contribution >= 4 is 23.7 Å². The highest BCUT2D eigenvalue weighted by atomic mass is 35.5. The first-order valence-electron chi connectivity index (χ1n) is 6.69. The van der Waals surface area contributed by atoms with Crippen molar-refractivity contribution in [1.29, 1.82) is 0 Å². The zero-order valence-electron chi connectivity index (χ0n) is 12.0. The van der Waals surface area contributed by atoms with E-state index in [1.54, 1.807) is 25.3 Å². The molecule has 7 heteroatoms. The number of carbonyl (C=O) groups is 1. The van der Waals surface area contributed by atoms with Gasteiger partial charge in [0.1, 0.15) is 23.5 Å². The summed E-state index contributed by atoms with van der Waals surface area (Å²) in [5.74, 6) is -0.484. The maximum absolute atomic E-state index is 11.7. The number of carbonyl (C=O) groups excluding carboxylic acids is 1. The molecule has 0 aliphatic carbocycles. The standard InChI is InChI=1S/C15H15ClN4O2/c1-2-22-18-10-15(21)19-14-5-3-4-8-20(14)11-12-6-7-13(16)17-9-12/h3-10H,2,11H2,1H3/b18-10+,19-14+. The Morgan fingerprint density at radius 3 is 3.00 bits per heavy atom. The lowest BCUT2D eigenvalue weighted by molar-refractivity contribution is -0.111. The second-order valence-corrected chi connectivity index (χ2v) is 4.67. The summed E-state index contributed by atoms with van der Waals surface area (Å²) in [6.45, 7) is 2.71. The summed E-state index contributed by atoms with van der Waals surface area (Å²) in [5.41, 5.74) is 1.47. The largest absolute Gasteiger partial charge is 0.396 e. The molecule has 0 saturated carbocycles. The third kappa shape index (κ3) is 4.82. The fourth-order valence-corrected chi connectivity index (χ4v) is 1.81. The molecule has 0 spiro atoms. The normalized spacial score (nSPS) is 11.8. The van der Waals surface area contributed by atoms with E-state index >= 15 is 0 Å². The van der Waals surface area contributed by atoms with Crippen LogP contribution in [0.1, 0.15) is 12.5 Å². The van der Waals surface area contributed by atoms with Crippen molar-refractivity contribution in [2.45, 2.75) is 13.5 Å². The number of oxime groups is 1. The van der Waals surface area contributed by atoms with Gasteiger partial charge in [-0.1, -0.05) is 28.9 Å². The SMILES string of the molecule is CCO/N=C/C(=O)/N=c1\ccccn1Cc1ccc(Cl)nc1. The average Bonchev–Trinajstić information content (AvgIpc) is 2.52. The quantitative estimate of drug-likeness (QED) is 0.481. The van der Waals surface area contributed by atoms with Gasteiger partial charge in [-0.2, -0.15) is 4.99 Å². The third-order valence-electron chi connectivity index (χ3n) is 2.65. The van der Waals surface area contributed by atoms with Crippen molar-refractivity contribution in [1.82, 2.24) is 9.55 Å². The molecule has 0 atom stereocenters. The van der Waals surface area contributed by atoms with Gasteiger partial charge in [-0.15, -0.1) is 0 Å². The van der Waals surface area contributed by atoms with E-state index in [9.17, 15) is 4.79 Å². The molecule has 2 heterocycles. The fourth-order valence-electron chi connectivity index (χ4n) is 1.70. The molecule has 22 heavy (non-hydrogen) atoms.